The number of piperidine rings is 2. The summed E-state index contributed by atoms with van der Waals surface area (Å²) in [5, 5.41) is 8.60. The molecular formula is C35H35N11O4. The zero-order valence-corrected chi connectivity index (χ0v) is 27.1. The van der Waals surface area contributed by atoms with Crippen LogP contribution >= 0.6 is 0 Å². The van der Waals surface area contributed by atoms with E-state index in [2.05, 4.69) is 35.9 Å². The highest BCUT2D eigenvalue weighted by atomic mass is 16.2. The number of hydrogen-bond acceptors (Lipinski definition) is 12. The molecule has 0 bridgehead atoms. The van der Waals surface area contributed by atoms with Gasteiger partial charge in [-0.1, -0.05) is 18.2 Å². The van der Waals surface area contributed by atoms with Gasteiger partial charge in [-0.3, -0.25) is 34.5 Å². The first-order valence-electron chi connectivity index (χ1n) is 16.4. The highest BCUT2D eigenvalue weighted by Gasteiger charge is 2.40. The van der Waals surface area contributed by atoms with Crippen LogP contribution in [-0.4, -0.2) is 91.3 Å². The normalized spacial score (nSPS) is 18.4. The van der Waals surface area contributed by atoms with Crippen LogP contribution in [0.15, 0.2) is 72.1 Å². The standard InChI is InChI=1S/C35H35N11O4/c36-16-21(28-18-39-26-5-1-2-6-27(26)41-28)17-38-22-11-14-45(15-12-22)32(48)19-40-35-37-13-10-30(43-35)42-25-7-3-4-23-24(25)20-46(34(23)50)29-8-9-31(47)44-33(29)49/h1-7,10,13,16-18,22,29H,8-9,11-12,14-15,19-20,36H2,(H,44,47,49)(H2,37,40,42,43). The summed E-state index contributed by atoms with van der Waals surface area (Å²) in [5.74, 6) is -0.383. The maximum atomic E-state index is 13.2. The lowest BCUT2D eigenvalue weighted by molar-refractivity contribution is -0.137. The number of hydrogen-bond donors (Lipinski definition) is 4. The van der Waals surface area contributed by atoms with Gasteiger partial charge < -0.3 is 26.2 Å². The predicted molar refractivity (Wildman–Crippen MR) is 186 cm³/mol. The van der Waals surface area contributed by atoms with Crippen LogP contribution in [-0.2, 0) is 20.9 Å². The van der Waals surface area contributed by atoms with Crippen LogP contribution in [0.25, 0.3) is 16.6 Å². The number of fused-ring (bicyclic) bond motifs is 2. The number of allylic oxidation sites excluding steroid dienone is 1. The lowest BCUT2D eigenvalue weighted by atomic mass is 10.0. The lowest BCUT2D eigenvalue weighted by Gasteiger charge is -2.30. The van der Waals surface area contributed by atoms with E-state index in [0.29, 0.717) is 54.3 Å². The molecule has 2 saturated heterocycles. The van der Waals surface area contributed by atoms with Crippen molar-refractivity contribution < 1.29 is 19.2 Å². The molecule has 50 heavy (non-hydrogen) atoms. The molecule has 5 heterocycles. The third-order valence-corrected chi connectivity index (χ3v) is 9.06. The Hall–Kier alpha value is -6.25. The summed E-state index contributed by atoms with van der Waals surface area (Å²) in [6, 6.07) is 14.0. The van der Waals surface area contributed by atoms with Crippen molar-refractivity contribution in [1.82, 2.24) is 35.1 Å². The first-order chi connectivity index (χ1) is 24.4. The smallest absolute Gasteiger partial charge is 0.255 e. The van der Waals surface area contributed by atoms with Crippen LogP contribution in [0.4, 0.5) is 17.5 Å². The fraction of sp³-hybridized carbons (Fsp3) is 0.286. The van der Waals surface area contributed by atoms with Crippen molar-refractivity contribution in [1.29, 1.82) is 0 Å². The van der Waals surface area contributed by atoms with Gasteiger partial charge in [0.05, 0.1) is 35.5 Å². The number of likely N-dealkylation sites (tertiary alicyclic amines) is 1. The maximum absolute atomic E-state index is 13.2. The Labute approximate surface area is 287 Å². The van der Waals surface area contributed by atoms with Crippen molar-refractivity contribution in [2.24, 2.45) is 10.7 Å². The number of para-hydroxylation sites is 2. The van der Waals surface area contributed by atoms with Crippen LogP contribution in [0.3, 0.4) is 0 Å². The van der Waals surface area contributed by atoms with E-state index in [1.807, 2.05) is 30.3 Å². The van der Waals surface area contributed by atoms with Crippen molar-refractivity contribution >= 4 is 63.9 Å². The van der Waals surface area contributed by atoms with E-state index in [1.54, 1.807) is 41.7 Å². The molecule has 15 heteroatoms. The van der Waals surface area contributed by atoms with Gasteiger partial charge >= 0.3 is 0 Å². The van der Waals surface area contributed by atoms with Crippen molar-refractivity contribution in [2.75, 3.05) is 30.3 Å². The van der Waals surface area contributed by atoms with Crippen molar-refractivity contribution in [3.63, 3.8) is 0 Å². The number of imide groups is 1. The second-order valence-corrected chi connectivity index (χ2v) is 12.2. The molecule has 1 unspecified atom stereocenters. The zero-order valence-electron chi connectivity index (χ0n) is 27.1. The van der Waals surface area contributed by atoms with Crippen molar-refractivity contribution in [3.05, 3.63) is 83.9 Å². The van der Waals surface area contributed by atoms with E-state index in [4.69, 9.17) is 10.7 Å². The number of nitrogens with two attached hydrogens (primary N) is 1. The number of aromatic nitrogens is 4. The van der Waals surface area contributed by atoms with E-state index in [9.17, 15) is 19.2 Å². The number of amides is 4. The molecule has 15 nitrogen and oxygen atoms in total. The molecule has 3 aliphatic rings. The molecular weight excluding hydrogens is 638 g/mol. The summed E-state index contributed by atoms with van der Waals surface area (Å²) in [6.45, 7) is 1.38. The quantitative estimate of drug-likeness (QED) is 0.150. The average molecular weight is 674 g/mol. The van der Waals surface area contributed by atoms with Crippen LogP contribution in [0, 0.1) is 0 Å². The summed E-state index contributed by atoms with van der Waals surface area (Å²) in [4.78, 5) is 76.2. The summed E-state index contributed by atoms with van der Waals surface area (Å²) in [7, 11) is 0. The Morgan fingerprint density at radius 3 is 2.62 bits per heavy atom. The first-order valence-corrected chi connectivity index (χ1v) is 16.4. The van der Waals surface area contributed by atoms with Gasteiger partial charge in [0.1, 0.15) is 11.9 Å². The number of nitrogens with zero attached hydrogens (tertiary/aromatic N) is 7. The highest BCUT2D eigenvalue weighted by molar-refractivity contribution is 6.09. The minimum absolute atomic E-state index is 0.0221. The van der Waals surface area contributed by atoms with Gasteiger partial charge in [0.25, 0.3) is 5.91 Å². The van der Waals surface area contributed by atoms with Gasteiger partial charge in [-0.15, -0.1) is 0 Å². The third kappa shape index (κ3) is 6.83. The Morgan fingerprint density at radius 1 is 1.00 bits per heavy atom. The molecule has 0 aliphatic carbocycles. The molecule has 0 spiro atoms. The maximum Gasteiger partial charge on any atom is 0.255 e. The van der Waals surface area contributed by atoms with Crippen LogP contribution in [0.2, 0.25) is 0 Å². The second-order valence-electron chi connectivity index (χ2n) is 12.2. The molecule has 2 aromatic heterocycles. The van der Waals surface area contributed by atoms with Gasteiger partial charge in [0, 0.05) is 67.1 Å². The molecule has 0 saturated carbocycles. The van der Waals surface area contributed by atoms with Gasteiger partial charge in [0.15, 0.2) is 0 Å². The van der Waals surface area contributed by atoms with Gasteiger partial charge in [-0.05, 0) is 49.6 Å². The molecule has 3 aliphatic heterocycles. The number of benzene rings is 2. The van der Waals surface area contributed by atoms with E-state index in [-0.39, 0.29) is 55.6 Å². The summed E-state index contributed by atoms with van der Waals surface area (Å²) < 4.78 is 0. The topological polar surface area (TPSA) is 201 Å². The Morgan fingerprint density at radius 2 is 1.82 bits per heavy atom. The largest absolute Gasteiger partial charge is 0.404 e. The summed E-state index contributed by atoms with van der Waals surface area (Å²) >= 11 is 0. The predicted octanol–water partition coefficient (Wildman–Crippen LogP) is 2.40. The fourth-order valence-electron chi connectivity index (χ4n) is 6.36. The Balaban J connectivity index is 0.913. The molecule has 4 aromatic rings. The van der Waals surface area contributed by atoms with Crippen LogP contribution in [0.1, 0.15) is 47.3 Å². The van der Waals surface area contributed by atoms with Crippen LogP contribution < -0.4 is 21.7 Å². The van der Waals surface area contributed by atoms with E-state index in [0.717, 1.165) is 16.6 Å². The number of carbonyl (C=O) groups excluding carboxylic acids is 4. The number of aliphatic imine (C=N–C) groups is 1. The lowest BCUT2D eigenvalue weighted by Crippen LogP contribution is -2.52. The van der Waals surface area contributed by atoms with Crippen molar-refractivity contribution in [3.8, 4) is 0 Å². The molecule has 0 radical (unpaired) electrons. The molecule has 5 N–H and O–H groups in total. The summed E-state index contributed by atoms with van der Waals surface area (Å²) in [6.07, 6.45) is 8.37. The number of rotatable bonds is 9. The Kier molecular flexibility index (Phi) is 9.10. The molecule has 7 rings (SSSR count). The highest BCUT2D eigenvalue weighted by Crippen LogP contribution is 2.33. The SMILES string of the molecule is NC=C(C=NC1CCN(C(=O)CNc2nccc(Nc3cccc4c3CN(C3CCC(=O)NC3=O)C4=O)n2)CC1)c1cnc2ccccc2n1. The first kappa shape index (κ1) is 32.3. The summed E-state index contributed by atoms with van der Waals surface area (Å²) in [5.41, 5.74) is 10.7. The van der Waals surface area contributed by atoms with Gasteiger partial charge in [-0.2, -0.15) is 4.98 Å². The van der Waals surface area contributed by atoms with Crippen LogP contribution in [0.5, 0.6) is 0 Å². The third-order valence-electron chi connectivity index (χ3n) is 9.06. The molecule has 4 amide bonds. The molecule has 1 atom stereocenters. The fourth-order valence-corrected chi connectivity index (χ4v) is 6.36. The van der Waals surface area contributed by atoms with E-state index in [1.165, 1.54) is 11.1 Å². The van der Waals surface area contributed by atoms with Gasteiger partial charge in [-0.25, -0.2) is 9.97 Å². The zero-order chi connectivity index (χ0) is 34.6. The minimum atomic E-state index is -0.705. The molecule has 254 valence electrons. The van der Waals surface area contributed by atoms with E-state index < -0.39 is 11.9 Å². The average Bonchev–Trinajstić information content (AvgIpc) is 3.47. The van der Waals surface area contributed by atoms with Gasteiger partial charge in [0.2, 0.25) is 23.7 Å². The Bertz CT molecular complexity index is 2040. The number of anilines is 3. The monoisotopic (exact) mass is 673 g/mol. The van der Waals surface area contributed by atoms with E-state index >= 15 is 0 Å². The number of carbonyl (C=O) groups is 4. The van der Waals surface area contributed by atoms with Crippen molar-refractivity contribution in [2.45, 2.75) is 44.3 Å². The minimum Gasteiger partial charge on any atom is -0.404 e. The number of nitrogens with one attached hydrogen (secondary N) is 3. The second kappa shape index (κ2) is 14.1. The molecule has 2 aromatic carbocycles. The molecule has 2 fully saturated rings.